The van der Waals surface area contributed by atoms with Gasteiger partial charge in [0.2, 0.25) is 5.91 Å². The number of aliphatic carboxylic acids is 1. The van der Waals surface area contributed by atoms with Crippen LogP contribution in [0.5, 0.6) is 0 Å². The first-order valence-electron chi connectivity index (χ1n) is 4.28. The Kier molecular flexibility index (Phi) is 3.48. The third-order valence-corrected chi connectivity index (χ3v) is 2.02. The minimum absolute atomic E-state index is 0.103. The fourth-order valence-electron chi connectivity index (χ4n) is 1.28. The highest BCUT2D eigenvalue weighted by atomic mass is 16.4. The summed E-state index contributed by atoms with van der Waals surface area (Å²) < 4.78 is 0. The van der Waals surface area contributed by atoms with E-state index >= 15 is 0 Å². The molecule has 2 N–H and O–H groups in total. The van der Waals surface area contributed by atoms with Gasteiger partial charge in [-0.15, -0.1) is 5.92 Å². The van der Waals surface area contributed by atoms with Crippen LogP contribution in [0.2, 0.25) is 0 Å². The Morgan fingerprint density at radius 1 is 1.79 bits per heavy atom. The molecule has 0 aromatic heterocycles. The largest absolute Gasteiger partial charge is 0.480 e. The topological polar surface area (TPSA) is 69.6 Å². The van der Waals surface area contributed by atoms with Crippen LogP contribution >= 0.6 is 0 Å². The van der Waals surface area contributed by atoms with Gasteiger partial charge in [0.1, 0.15) is 6.04 Å². The smallest absolute Gasteiger partial charge is 0.322 e. The lowest BCUT2D eigenvalue weighted by molar-refractivity contribution is -0.145. The number of hydrogen-bond acceptors (Lipinski definition) is 3. The summed E-state index contributed by atoms with van der Waals surface area (Å²) >= 11 is 0. The maximum Gasteiger partial charge on any atom is 0.322 e. The van der Waals surface area contributed by atoms with E-state index in [1.807, 2.05) is 0 Å². The minimum atomic E-state index is -0.928. The van der Waals surface area contributed by atoms with E-state index in [0.29, 0.717) is 6.54 Å². The summed E-state index contributed by atoms with van der Waals surface area (Å²) in [5.74, 6) is 4.35. The Hall–Kier alpha value is -1.54. The summed E-state index contributed by atoms with van der Waals surface area (Å²) in [5.41, 5.74) is 0. The summed E-state index contributed by atoms with van der Waals surface area (Å²) in [5, 5.41) is 11.4. The first kappa shape index (κ1) is 10.5. The number of hydrogen-bond donors (Lipinski definition) is 2. The second-order valence-electron chi connectivity index (χ2n) is 2.99. The zero-order valence-corrected chi connectivity index (χ0v) is 7.91. The Bertz CT molecular complexity index is 303. The number of carboxylic acid groups (broad SMARTS) is 1. The van der Waals surface area contributed by atoms with Gasteiger partial charge in [-0.05, 0) is 6.92 Å². The Labute approximate surface area is 82.1 Å². The zero-order valence-electron chi connectivity index (χ0n) is 7.91. The molecule has 76 valence electrons. The average molecular weight is 196 g/mol. The highest BCUT2D eigenvalue weighted by Gasteiger charge is 2.30. The van der Waals surface area contributed by atoms with Gasteiger partial charge in [0.25, 0.3) is 0 Å². The average Bonchev–Trinajstić information content (AvgIpc) is 2.14. The molecule has 0 bridgehead atoms. The van der Waals surface area contributed by atoms with Crippen LogP contribution in [-0.2, 0) is 9.59 Å². The van der Waals surface area contributed by atoms with Crippen molar-refractivity contribution in [3.05, 3.63) is 0 Å². The van der Waals surface area contributed by atoms with Gasteiger partial charge < -0.3 is 10.4 Å². The van der Waals surface area contributed by atoms with E-state index in [9.17, 15) is 9.59 Å². The van der Waals surface area contributed by atoms with Crippen molar-refractivity contribution < 1.29 is 14.7 Å². The minimum Gasteiger partial charge on any atom is -0.480 e. The van der Waals surface area contributed by atoms with Crippen molar-refractivity contribution in [2.24, 2.45) is 0 Å². The predicted molar refractivity (Wildman–Crippen MR) is 49.5 cm³/mol. The van der Waals surface area contributed by atoms with E-state index in [2.05, 4.69) is 17.2 Å². The van der Waals surface area contributed by atoms with Crippen molar-refractivity contribution in [1.82, 2.24) is 10.2 Å². The third-order valence-electron chi connectivity index (χ3n) is 2.02. The van der Waals surface area contributed by atoms with Crippen molar-refractivity contribution in [2.45, 2.75) is 13.0 Å². The van der Waals surface area contributed by atoms with Gasteiger partial charge in [0.15, 0.2) is 0 Å². The van der Waals surface area contributed by atoms with Gasteiger partial charge in [-0.25, -0.2) is 0 Å². The molecular formula is C9H12N2O3. The highest BCUT2D eigenvalue weighted by molar-refractivity contribution is 5.83. The van der Waals surface area contributed by atoms with E-state index in [-0.39, 0.29) is 19.0 Å². The SMILES string of the molecule is CC#CCN1CC(=O)NCC1C(=O)O. The molecule has 0 aliphatic carbocycles. The molecule has 1 atom stereocenters. The molecule has 1 saturated heterocycles. The summed E-state index contributed by atoms with van der Waals surface area (Å²) in [7, 11) is 0. The van der Waals surface area contributed by atoms with E-state index in [1.54, 1.807) is 11.8 Å². The highest BCUT2D eigenvalue weighted by Crippen LogP contribution is 2.03. The molecule has 1 aliphatic heterocycles. The van der Waals surface area contributed by atoms with Gasteiger partial charge in [-0.3, -0.25) is 14.5 Å². The van der Waals surface area contributed by atoms with Crippen LogP contribution in [0.1, 0.15) is 6.92 Å². The fourth-order valence-corrected chi connectivity index (χ4v) is 1.28. The Balaban J connectivity index is 2.66. The first-order valence-corrected chi connectivity index (χ1v) is 4.28. The fraction of sp³-hybridized carbons (Fsp3) is 0.556. The molecule has 0 saturated carbocycles. The van der Waals surface area contributed by atoms with Crippen molar-refractivity contribution in [3.8, 4) is 11.8 Å². The number of carbonyl (C=O) groups excluding carboxylic acids is 1. The molecule has 0 aromatic carbocycles. The van der Waals surface area contributed by atoms with Gasteiger partial charge in [0.05, 0.1) is 13.1 Å². The lowest BCUT2D eigenvalue weighted by Gasteiger charge is -2.30. The van der Waals surface area contributed by atoms with Gasteiger partial charge in [0, 0.05) is 6.54 Å². The van der Waals surface area contributed by atoms with Crippen molar-refractivity contribution >= 4 is 11.9 Å². The lowest BCUT2D eigenvalue weighted by atomic mass is 10.2. The summed E-state index contributed by atoms with van der Waals surface area (Å²) in [4.78, 5) is 23.4. The molecule has 14 heavy (non-hydrogen) atoms. The monoisotopic (exact) mass is 196 g/mol. The maximum absolute atomic E-state index is 11.0. The van der Waals surface area contributed by atoms with Crippen molar-refractivity contribution in [1.29, 1.82) is 0 Å². The number of nitrogens with zero attached hydrogens (tertiary/aromatic N) is 1. The molecule has 5 nitrogen and oxygen atoms in total. The zero-order chi connectivity index (χ0) is 10.6. The quantitative estimate of drug-likeness (QED) is 0.550. The third kappa shape index (κ3) is 2.47. The van der Waals surface area contributed by atoms with Crippen LogP contribution in [0, 0.1) is 11.8 Å². The van der Waals surface area contributed by atoms with Crippen LogP contribution in [0.4, 0.5) is 0 Å². The van der Waals surface area contributed by atoms with Crippen molar-refractivity contribution in [3.63, 3.8) is 0 Å². The molecule has 1 unspecified atom stereocenters. The number of amides is 1. The van der Waals surface area contributed by atoms with E-state index < -0.39 is 12.0 Å². The van der Waals surface area contributed by atoms with E-state index in [4.69, 9.17) is 5.11 Å². The Morgan fingerprint density at radius 2 is 2.50 bits per heavy atom. The predicted octanol–water partition coefficient (Wildman–Crippen LogP) is -1.11. The molecule has 1 amide bonds. The lowest BCUT2D eigenvalue weighted by Crippen LogP contribution is -2.57. The normalized spacial score (nSPS) is 22.1. The standard InChI is InChI=1S/C9H12N2O3/c1-2-3-4-11-6-8(12)10-5-7(11)9(13)14/h7H,4-6H2,1H3,(H,10,12)(H,13,14). The van der Waals surface area contributed by atoms with Crippen LogP contribution < -0.4 is 5.32 Å². The number of carbonyl (C=O) groups is 2. The summed E-state index contributed by atoms with van der Waals surface area (Å²) in [6.45, 7) is 2.26. The van der Waals surface area contributed by atoms with Crippen LogP contribution in [-0.4, -0.2) is 47.6 Å². The molecule has 0 radical (unpaired) electrons. The van der Waals surface area contributed by atoms with Gasteiger partial charge in [-0.1, -0.05) is 5.92 Å². The number of rotatable bonds is 2. The number of piperazine rings is 1. The molecule has 0 aromatic rings. The van der Waals surface area contributed by atoms with Gasteiger partial charge in [-0.2, -0.15) is 0 Å². The molecule has 1 rings (SSSR count). The summed E-state index contributed by atoms with van der Waals surface area (Å²) in [6, 6.07) is -0.659. The van der Waals surface area contributed by atoms with Crippen LogP contribution in [0.25, 0.3) is 0 Å². The number of carboxylic acids is 1. The molecular weight excluding hydrogens is 184 g/mol. The summed E-state index contributed by atoms with van der Waals surface area (Å²) in [6.07, 6.45) is 0. The van der Waals surface area contributed by atoms with E-state index in [1.165, 1.54) is 0 Å². The maximum atomic E-state index is 11.0. The molecule has 5 heteroatoms. The molecule has 1 heterocycles. The Morgan fingerprint density at radius 3 is 3.07 bits per heavy atom. The van der Waals surface area contributed by atoms with Crippen molar-refractivity contribution in [2.75, 3.05) is 19.6 Å². The van der Waals surface area contributed by atoms with Gasteiger partial charge >= 0.3 is 5.97 Å². The molecule has 1 fully saturated rings. The number of nitrogens with one attached hydrogen (secondary N) is 1. The molecule has 1 aliphatic rings. The molecule has 0 spiro atoms. The second kappa shape index (κ2) is 4.63. The van der Waals surface area contributed by atoms with Crippen LogP contribution in [0.3, 0.4) is 0 Å². The van der Waals surface area contributed by atoms with E-state index in [0.717, 1.165) is 0 Å². The first-order chi connectivity index (χ1) is 6.65. The second-order valence-corrected chi connectivity index (χ2v) is 2.99. The van der Waals surface area contributed by atoms with Crippen LogP contribution in [0.15, 0.2) is 0 Å².